The number of fused-ring (bicyclic) bond motifs is 4. The number of hydrogen-bond donors (Lipinski definition) is 1. The minimum absolute atomic E-state index is 0.108. The first-order valence-corrected chi connectivity index (χ1v) is 12.2. The van der Waals surface area contributed by atoms with Crippen molar-refractivity contribution in [3.05, 3.63) is 29.3 Å². The number of nitrogens with one attached hydrogen (secondary N) is 1. The average molecular weight is 444 g/mol. The topological polar surface area (TPSA) is 54.0 Å². The summed E-state index contributed by atoms with van der Waals surface area (Å²) in [5.41, 5.74) is 2.60. The van der Waals surface area contributed by atoms with Gasteiger partial charge in [-0.3, -0.25) is 0 Å². The molecule has 1 N–H and O–H groups in total. The highest BCUT2D eigenvalue weighted by atomic mass is 16.6. The van der Waals surface area contributed by atoms with Crippen LogP contribution in [-0.2, 0) is 16.6 Å². The molecular formula is C26H41N3O3. The standard InChI is InChI=1S/C26H41N3O3/c1-25(2,3)32-24(30)29-12-9-18(10-13-29)17-27-23-22-15-19-7-8-20(31-6)16-21(19)26(23,4)11-14-28(22)5/h7-8,16,18,22-23,27H,9-15,17H2,1-6H3. The Morgan fingerprint density at radius 3 is 2.59 bits per heavy atom. The van der Waals surface area contributed by atoms with E-state index in [1.165, 1.54) is 11.1 Å². The fourth-order valence-electron chi connectivity index (χ4n) is 5.90. The summed E-state index contributed by atoms with van der Waals surface area (Å²) >= 11 is 0. The average Bonchev–Trinajstić information content (AvgIpc) is 2.75. The van der Waals surface area contributed by atoms with Gasteiger partial charge in [0.1, 0.15) is 11.4 Å². The van der Waals surface area contributed by atoms with Gasteiger partial charge in [0.25, 0.3) is 0 Å². The van der Waals surface area contributed by atoms with Crippen molar-refractivity contribution in [1.29, 1.82) is 0 Å². The molecule has 32 heavy (non-hydrogen) atoms. The molecule has 6 nitrogen and oxygen atoms in total. The molecule has 3 aliphatic rings. The maximum absolute atomic E-state index is 12.4. The summed E-state index contributed by atoms with van der Waals surface area (Å²) in [7, 11) is 4.02. The Kier molecular flexibility index (Phi) is 6.47. The Hall–Kier alpha value is -1.79. The van der Waals surface area contributed by atoms with Gasteiger partial charge in [-0.1, -0.05) is 13.0 Å². The van der Waals surface area contributed by atoms with E-state index < -0.39 is 5.60 Å². The van der Waals surface area contributed by atoms with Gasteiger partial charge < -0.3 is 24.6 Å². The number of piperidine rings is 2. The fourth-order valence-corrected chi connectivity index (χ4v) is 5.90. The summed E-state index contributed by atoms with van der Waals surface area (Å²) in [5, 5.41) is 4.01. The van der Waals surface area contributed by atoms with Crippen molar-refractivity contribution >= 4 is 6.09 Å². The summed E-state index contributed by atoms with van der Waals surface area (Å²) in [6, 6.07) is 7.57. The van der Waals surface area contributed by atoms with Gasteiger partial charge in [0.15, 0.2) is 0 Å². The lowest BCUT2D eigenvalue weighted by Crippen LogP contribution is -2.66. The normalized spacial score (nSPS) is 28.9. The Bertz CT molecular complexity index is 828. The monoisotopic (exact) mass is 443 g/mol. The molecule has 2 fully saturated rings. The van der Waals surface area contributed by atoms with Crippen molar-refractivity contribution in [3.63, 3.8) is 0 Å². The van der Waals surface area contributed by atoms with Gasteiger partial charge in [0, 0.05) is 30.6 Å². The SMILES string of the molecule is COc1ccc2c(c1)C1(C)CCN(C)C(C2)C1NCC1CCN(C(=O)OC(C)(C)C)CC1. The molecule has 0 saturated carbocycles. The van der Waals surface area contributed by atoms with Gasteiger partial charge in [0.2, 0.25) is 0 Å². The van der Waals surface area contributed by atoms with E-state index in [-0.39, 0.29) is 11.5 Å². The number of benzene rings is 1. The van der Waals surface area contributed by atoms with Gasteiger partial charge in [-0.25, -0.2) is 4.79 Å². The minimum Gasteiger partial charge on any atom is -0.497 e. The fraction of sp³-hybridized carbons (Fsp3) is 0.731. The van der Waals surface area contributed by atoms with E-state index in [0.29, 0.717) is 18.0 Å². The Balaban J connectivity index is 1.41. The molecule has 2 heterocycles. The minimum atomic E-state index is -0.436. The number of carbonyl (C=O) groups excluding carboxylic acids is 1. The third-order valence-corrected chi connectivity index (χ3v) is 7.88. The number of likely N-dealkylation sites (tertiary alicyclic amines) is 2. The van der Waals surface area contributed by atoms with Crippen LogP contribution in [0.3, 0.4) is 0 Å². The maximum Gasteiger partial charge on any atom is 0.410 e. The van der Waals surface area contributed by atoms with Crippen LogP contribution in [0.4, 0.5) is 4.79 Å². The third-order valence-electron chi connectivity index (χ3n) is 7.88. The van der Waals surface area contributed by atoms with Crippen LogP contribution in [0.1, 0.15) is 58.1 Å². The van der Waals surface area contributed by atoms with Gasteiger partial charge in [-0.2, -0.15) is 0 Å². The van der Waals surface area contributed by atoms with Gasteiger partial charge in [0.05, 0.1) is 7.11 Å². The number of nitrogens with zero attached hydrogens (tertiary/aromatic N) is 2. The molecule has 1 aliphatic carbocycles. The van der Waals surface area contributed by atoms with Crippen molar-refractivity contribution in [3.8, 4) is 5.75 Å². The zero-order chi connectivity index (χ0) is 23.1. The number of carbonyl (C=O) groups is 1. The smallest absolute Gasteiger partial charge is 0.410 e. The van der Waals surface area contributed by atoms with Crippen molar-refractivity contribution in [2.24, 2.45) is 5.92 Å². The van der Waals surface area contributed by atoms with Crippen molar-refractivity contribution in [2.45, 2.75) is 76.5 Å². The molecule has 4 rings (SSSR count). The van der Waals surface area contributed by atoms with E-state index in [0.717, 1.165) is 57.6 Å². The Morgan fingerprint density at radius 2 is 1.94 bits per heavy atom. The molecule has 1 aromatic rings. The lowest BCUT2D eigenvalue weighted by atomic mass is 9.61. The molecule has 1 aromatic carbocycles. The Labute approximate surface area is 193 Å². The second kappa shape index (κ2) is 8.86. The van der Waals surface area contributed by atoms with Crippen LogP contribution in [0.25, 0.3) is 0 Å². The van der Waals surface area contributed by atoms with Crippen molar-refractivity contribution < 1.29 is 14.3 Å². The second-order valence-corrected chi connectivity index (χ2v) is 11.2. The van der Waals surface area contributed by atoms with E-state index in [1.807, 2.05) is 25.7 Å². The summed E-state index contributed by atoms with van der Waals surface area (Å²) in [5.74, 6) is 1.55. The van der Waals surface area contributed by atoms with E-state index in [1.54, 1.807) is 7.11 Å². The van der Waals surface area contributed by atoms with Gasteiger partial charge >= 0.3 is 6.09 Å². The van der Waals surface area contributed by atoms with E-state index >= 15 is 0 Å². The van der Waals surface area contributed by atoms with Crippen LogP contribution in [0, 0.1) is 5.92 Å². The molecule has 1 amide bonds. The molecule has 2 bridgehead atoms. The summed E-state index contributed by atoms with van der Waals surface area (Å²) < 4.78 is 11.1. The highest BCUT2D eigenvalue weighted by molar-refractivity contribution is 5.68. The number of hydrogen-bond acceptors (Lipinski definition) is 5. The quantitative estimate of drug-likeness (QED) is 0.767. The first kappa shape index (κ1) is 23.4. The van der Waals surface area contributed by atoms with Crippen LogP contribution in [0.5, 0.6) is 5.75 Å². The zero-order valence-electron chi connectivity index (χ0n) is 20.7. The Morgan fingerprint density at radius 1 is 1.22 bits per heavy atom. The van der Waals surface area contributed by atoms with Crippen LogP contribution in [0.15, 0.2) is 18.2 Å². The summed E-state index contributed by atoms with van der Waals surface area (Å²) in [4.78, 5) is 16.8. The molecular weight excluding hydrogens is 402 g/mol. The van der Waals surface area contributed by atoms with E-state index in [4.69, 9.17) is 9.47 Å². The first-order valence-electron chi connectivity index (χ1n) is 12.2. The summed E-state index contributed by atoms with van der Waals surface area (Å²) in [6.07, 6.45) is 4.11. The molecule has 2 saturated heterocycles. The van der Waals surface area contributed by atoms with Crippen molar-refractivity contribution in [1.82, 2.24) is 15.1 Å². The molecule has 3 unspecified atom stereocenters. The summed E-state index contributed by atoms with van der Waals surface area (Å²) in [6.45, 7) is 11.9. The zero-order valence-corrected chi connectivity index (χ0v) is 20.7. The number of amides is 1. The number of ether oxygens (including phenoxy) is 2. The second-order valence-electron chi connectivity index (χ2n) is 11.2. The van der Waals surface area contributed by atoms with Crippen LogP contribution in [-0.4, -0.2) is 73.9 Å². The predicted octanol–water partition coefficient (Wildman–Crippen LogP) is 3.82. The maximum atomic E-state index is 12.4. The van der Waals surface area contributed by atoms with Crippen LogP contribution in [0.2, 0.25) is 0 Å². The number of likely N-dealkylation sites (N-methyl/N-ethyl adjacent to an activating group) is 1. The van der Waals surface area contributed by atoms with E-state index in [2.05, 4.69) is 42.4 Å². The van der Waals surface area contributed by atoms with Crippen molar-refractivity contribution in [2.75, 3.05) is 40.3 Å². The molecule has 0 spiro atoms. The molecule has 2 aliphatic heterocycles. The molecule has 6 heteroatoms. The number of methoxy groups -OCH3 is 1. The highest BCUT2D eigenvalue weighted by Gasteiger charge is 2.49. The largest absolute Gasteiger partial charge is 0.497 e. The molecule has 0 aromatic heterocycles. The lowest BCUT2D eigenvalue weighted by Gasteiger charge is -2.55. The number of rotatable bonds is 4. The molecule has 178 valence electrons. The molecule has 3 atom stereocenters. The third kappa shape index (κ3) is 4.62. The van der Waals surface area contributed by atoms with Crippen LogP contribution < -0.4 is 10.1 Å². The predicted molar refractivity (Wildman–Crippen MR) is 127 cm³/mol. The molecule has 0 radical (unpaired) electrons. The van der Waals surface area contributed by atoms with Crippen LogP contribution >= 0.6 is 0 Å². The van der Waals surface area contributed by atoms with Gasteiger partial charge in [-0.15, -0.1) is 0 Å². The van der Waals surface area contributed by atoms with E-state index in [9.17, 15) is 4.79 Å². The van der Waals surface area contributed by atoms with Gasteiger partial charge in [-0.05, 0) is 95.8 Å². The highest BCUT2D eigenvalue weighted by Crippen LogP contribution is 2.45. The lowest BCUT2D eigenvalue weighted by molar-refractivity contribution is 0.0174. The first-order chi connectivity index (χ1) is 15.1.